The molecule has 172 valence electrons. The van der Waals surface area contributed by atoms with E-state index in [1.165, 1.54) is 11.8 Å². The number of aromatic nitrogens is 2. The Hall–Kier alpha value is -3.20. The number of nitrogens with zero attached hydrogens (tertiary/aromatic N) is 4. The van der Waals surface area contributed by atoms with Crippen molar-refractivity contribution in [3.8, 4) is 11.5 Å². The fraction of sp³-hybridized carbons (Fsp3) is 0.375. The molecule has 1 saturated heterocycles. The molecule has 33 heavy (non-hydrogen) atoms. The molecule has 0 spiro atoms. The molecule has 0 unspecified atom stereocenters. The molecule has 0 saturated carbocycles. The van der Waals surface area contributed by atoms with Crippen LogP contribution < -0.4 is 9.47 Å². The lowest BCUT2D eigenvalue weighted by atomic mass is 10.2. The monoisotopic (exact) mass is 466 g/mol. The minimum Gasteiger partial charge on any atom is -0.485 e. The Morgan fingerprint density at radius 2 is 1.70 bits per heavy atom. The first-order chi connectivity index (χ1) is 16.1. The molecule has 0 N–H and O–H groups in total. The van der Waals surface area contributed by atoms with E-state index in [0.29, 0.717) is 43.4 Å². The number of piperazine rings is 1. The predicted octanol–water partition coefficient (Wildman–Crippen LogP) is 2.66. The number of thioether (sulfide) groups is 1. The summed E-state index contributed by atoms with van der Waals surface area (Å²) < 4.78 is 13.7. The summed E-state index contributed by atoms with van der Waals surface area (Å²) in [6.45, 7) is 5.09. The van der Waals surface area contributed by atoms with Gasteiger partial charge in [0.25, 0.3) is 5.91 Å². The van der Waals surface area contributed by atoms with E-state index in [1.807, 2.05) is 47.4 Å². The van der Waals surface area contributed by atoms with Gasteiger partial charge in [-0.05, 0) is 31.2 Å². The molecule has 2 amide bonds. The Labute approximate surface area is 196 Å². The van der Waals surface area contributed by atoms with Crippen LogP contribution in [0.4, 0.5) is 0 Å². The third kappa shape index (κ3) is 4.37. The van der Waals surface area contributed by atoms with Crippen LogP contribution in [-0.2, 0) is 16.1 Å². The number of amides is 2. The SMILES string of the molecule is CCn1c(SCC(=O)N2CCN(C(=O)[C@@H]3COc4ccccc4O3)CC2)nc2ccccc21. The van der Waals surface area contributed by atoms with Crippen molar-refractivity contribution >= 4 is 34.6 Å². The molecule has 8 nitrogen and oxygen atoms in total. The zero-order valence-corrected chi connectivity index (χ0v) is 19.3. The summed E-state index contributed by atoms with van der Waals surface area (Å²) in [6, 6.07) is 15.4. The highest BCUT2D eigenvalue weighted by Gasteiger charge is 2.33. The summed E-state index contributed by atoms with van der Waals surface area (Å²) in [5, 5.41) is 0.857. The van der Waals surface area contributed by atoms with Crippen molar-refractivity contribution < 1.29 is 19.1 Å². The largest absolute Gasteiger partial charge is 0.485 e. The number of benzene rings is 2. The van der Waals surface area contributed by atoms with Gasteiger partial charge in [-0.25, -0.2) is 4.98 Å². The number of hydrogen-bond donors (Lipinski definition) is 0. The molecular weight excluding hydrogens is 440 g/mol. The Kier molecular flexibility index (Phi) is 6.13. The van der Waals surface area contributed by atoms with Crippen molar-refractivity contribution in [3.05, 3.63) is 48.5 Å². The molecule has 0 bridgehead atoms. The molecule has 2 aliphatic heterocycles. The summed E-state index contributed by atoms with van der Waals surface area (Å²) >= 11 is 1.47. The standard InChI is InChI=1S/C24H26N4O4S/c1-2-28-18-8-4-3-7-17(18)25-24(28)33-16-22(29)26-11-13-27(14-12-26)23(30)21-15-31-19-9-5-6-10-20(19)32-21/h3-10,21H,2,11-16H2,1H3/t21-/m0/s1. The zero-order valence-electron chi connectivity index (χ0n) is 18.5. The molecule has 5 rings (SSSR count). The number of para-hydroxylation sites is 4. The number of fused-ring (bicyclic) bond motifs is 2. The highest BCUT2D eigenvalue weighted by atomic mass is 32.2. The number of aryl methyl sites for hydroxylation is 1. The number of ether oxygens (including phenoxy) is 2. The third-order valence-corrected chi connectivity index (χ3v) is 6.95. The van der Waals surface area contributed by atoms with E-state index >= 15 is 0 Å². The van der Waals surface area contributed by atoms with E-state index in [-0.39, 0.29) is 18.4 Å². The van der Waals surface area contributed by atoms with Gasteiger partial charge in [0.15, 0.2) is 16.7 Å². The number of imidazole rings is 1. The Morgan fingerprint density at radius 3 is 2.48 bits per heavy atom. The van der Waals surface area contributed by atoms with Gasteiger partial charge in [-0.15, -0.1) is 0 Å². The van der Waals surface area contributed by atoms with Gasteiger partial charge < -0.3 is 23.8 Å². The second kappa shape index (κ2) is 9.35. The molecule has 1 fully saturated rings. The average molecular weight is 467 g/mol. The van der Waals surface area contributed by atoms with Gasteiger partial charge in [0.05, 0.1) is 16.8 Å². The Balaban J connectivity index is 1.14. The number of rotatable bonds is 5. The maximum Gasteiger partial charge on any atom is 0.267 e. The van der Waals surface area contributed by atoms with E-state index in [9.17, 15) is 9.59 Å². The second-order valence-corrected chi connectivity index (χ2v) is 8.93. The summed E-state index contributed by atoms with van der Waals surface area (Å²) in [6.07, 6.45) is -0.653. The van der Waals surface area contributed by atoms with Crippen LogP contribution in [0.25, 0.3) is 11.0 Å². The average Bonchev–Trinajstić information content (AvgIpc) is 3.24. The number of carbonyl (C=O) groups excluding carboxylic acids is 2. The van der Waals surface area contributed by atoms with E-state index in [2.05, 4.69) is 16.5 Å². The van der Waals surface area contributed by atoms with Crippen LogP contribution in [0, 0.1) is 0 Å². The predicted molar refractivity (Wildman–Crippen MR) is 126 cm³/mol. The van der Waals surface area contributed by atoms with Crippen molar-refractivity contribution in [3.63, 3.8) is 0 Å². The van der Waals surface area contributed by atoms with Gasteiger partial charge in [0.2, 0.25) is 12.0 Å². The van der Waals surface area contributed by atoms with Crippen LogP contribution >= 0.6 is 11.8 Å². The van der Waals surface area contributed by atoms with Crippen molar-refractivity contribution in [1.29, 1.82) is 0 Å². The summed E-state index contributed by atoms with van der Waals surface area (Å²) in [5.41, 5.74) is 2.02. The maximum atomic E-state index is 12.9. The molecule has 1 atom stereocenters. The minimum absolute atomic E-state index is 0.0629. The van der Waals surface area contributed by atoms with Crippen LogP contribution in [0.5, 0.6) is 11.5 Å². The highest BCUT2D eigenvalue weighted by molar-refractivity contribution is 7.99. The number of hydrogen-bond acceptors (Lipinski definition) is 6. The lowest BCUT2D eigenvalue weighted by Gasteiger charge is -2.37. The van der Waals surface area contributed by atoms with E-state index < -0.39 is 6.10 Å². The molecule has 9 heteroatoms. The molecule has 3 aromatic rings. The van der Waals surface area contributed by atoms with Crippen molar-refractivity contribution in [2.45, 2.75) is 24.7 Å². The third-order valence-electron chi connectivity index (χ3n) is 5.99. The first-order valence-corrected chi connectivity index (χ1v) is 12.2. The number of carbonyl (C=O) groups is 2. The van der Waals surface area contributed by atoms with E-state index in [4.69, 9.17) is 9.47 Å². The Morgan fingerprint density at radius 1 is 1.00 bits per heavy atom. The van der Waals surface area contributed by atoms with E-state index in [0.717, 1.165) is 22.7 Å². The molecular formula is C24H26N4O4S. The second-order valence-electron chi connectivity index (χ2n) is 7.99. The topological polar surface area (TPSA) is 76.9 Å². The summed E-state index contributed by atoms with van der Waals surface area (Å²) in [4.78, 5) is 34.0. The smallest absolute Gasteiger partial charge is 0.267 e. The fourth-order valence-corrected chi connectivity index (χ4v) is 5.19. The van der Waals surface area contributed by atoms with Gasteiger partial charge in [-0.3, -0.25) is 9.59 Å². The van der Waals surface area contributed by atoms with Gasteiger partial charge in [0, 0.05) is 32.7 Å². The molecule has 1 aromatic heterocycles. The van der Waals surface area contributed by atoms with Crippen LogP contribution in [0.3, 0.4) is 0 Å². The maximum absolute atomic E-state index is 12.9. The van der Waals surface area contributed by atoms with Crippen molar-refractivity contribution in [2.24, 2.45) is 0 Å². The van der Waals surface area contributed by atoms with Crippen molar-refractivity contribution in [2.75, 3.05) is 38.5 Å². The quantitative estimate of drug-likeness (QED) is 0.538. The molecule has 3 heterocycles. The van der Waals surface area contributed by atoms with Crippen LogP contribution in [0.15, 0.2) is 53.7 Å². The van der Waals surface area contributed by atoms with E-state index in [1.54, 1.807) is 11.0 Å². The highest BCUT2D eigenvalue weighted by Crippen LogP contribution is 2.31. The molecule has 0 radical (unpaired) electrons. The normalized spacial score (nSPS) is 17.9. The summed E-state index contributed by atoms with van der Waals surface area (Å²) in [5.74, 6) is 1.54. The first kappa shape index (κ1) is 21.6. The Bertz CT molecular complexity index is 1170. The van der Waals surface area contributed by atoms with Gasteiger partial charge in [-0.1, -0.05) is 36.0 Å². The zero-order chi connectivity index (χ0) is 22.8. The first-order valence-electron chi connectivity index (χ1n) is 11.2. The summed E-state index contributed by atoms with van der Waals surface area (Å²) in [7, 11) is 0. The van der Waals surface area contributed by atoms with Crippen molar-refractivity contribution in [1.82, 2.24) is 19.4 Å². The van der Waals surface area contributed by atoms with Gasteiger partial charge >= 0.3 is 0 Å². The molecule has 0 aliphatic carbocycles. The lowest BCUT2D eigenvalue weighted by molar-refractivity contribution is -0.145. The lowest BCUT2D eigenvalue weighted by Crippen LogP contribution is -2.55. The van der Waals surface area contributed by atoms with Gasteiger partial charge in [-0.2, -0.15) is 0 Å². The van der Waals surface area contributed by atoms with Gasteiger partial charge in [0.1, 0.15) is 6.61 Å². The molecule has 2 aliphatic rings. The van der Waals surface area contributed by atoms with Crippen LogP contribution in [0.2, 0.25) is 0 Å². The minimum atomic E-state index is -0.653. The molecule has 2 aromatic carbocycles. The fourth-order valence-electron chi connectivity index (χ4n) is 4.21. The van der Waals surface area contributed by atoms with Crippen LogP contribution in [-0.4, -0.2) is 75.8 Å². The van der Waals surface area contributed by atoms with Crippen LogP contribution in [0.1, 0.15) is 6.92 Å².